The van der Waals surface area contributed by atoms with E-state index in [1.165, 1.54) is 12.8 Å². The summed E-state index contributed by atoms with van der Waals surface area (Å²) >= 11 is 0. The van der Waals surface area contributed by atoms with Gasteiger partial charge in [-0.15, -0.1) is 0 Å². The lowest BCUT2D eigenvalue weighted by Crippen LogP contribution is -2.22. The average molecular weight is 223 g/mol. The highest BCUT2D eigenvalue weighted by atomic mass is 16.3. The molecule has 16 heavy (non-hydrogen) atoms. The monoisotopic (exact) mass is 223 g/mol. The van der Waals surface area contributed by atoms with Crippen molar-refractivity contribution >= 4 is 0 Å². The Bertz CT molecular complexity index is 284. The third-order valence-corrected chi connectivity index (χ3v) is 2.57. The van der Waals surface area contributed by atoms with Crippen LogP contribution in [0.5, 0.6) is 5.75 Å². The molecule has 0 spiro atoms. The molecule has 0 saturated carbocycles. The van der Waals surface area contributed by atoms with Crippen LogP contribution in [0.3, 0.4) is 0 Å². The number of nitrogens with one attached hydrogen (secondary N) is 1. The van der Waals surface area contributed by atoms with E-state index in [2.05, 4.69) is 12.2 Å². The third kappa shape index (κ3) is 4.64. The Morgan fingerprint density at radius 3 is 2.50 bits per heavy atom. The molecular weight excluding hydrogens is 202 g/mol. The molecule has 1 unspecified atom stereocenters. The van der Waals surface area contributed by atoms with Crippen LogP contribution in [0.1, 0.15) is 37.9 Å². The van der Waals surface area contributed by atoms with Crippen LogP contribution >= 0.6 is 0 Å². The van der Waals surface area contributed by atoms with Crippen LogP contribution < -0.4 is 5.32 Å². The van der Waals surface area contributed by atoms with E-state index in [4.69, 9.17) is 5.11 Å². The fourth-order valence-corrected chi connectivity index (χ4v) is 1.55. The SMILES string of the molecule is CCCCCNCC(O)c1ccc(O)cc1. The van der Waals surface area contributed by atoms with Crippen molar-refractivity contribution in [2.75, 3.05) is 13.1 Å². The van der Waals surface area contributed by atoms with E-state index in [-0.39, 0.29) is 5.75 Å². The molecule has 0 aliphatic heterocycles. The van der Waals surface area contributed by atoms with E-state index in [1.54, 1.807) is 24.3 Å². The van der Waals surface area contributed by atoms with Gasteiger partial charge in [0.1, 0.15) is 5.75 Å². The summed E-state index contributed by atoms with van der Waals surface area (Å²) in [5.41, 5.74) is 0.834. The molecule has 3 heteroatoms. The molecule has 0 saturated heterocycles. The van der Waals surface area contributed by atoms with E-state index in [0.29, 0.717) is 6.54 Å². The number of hydrogen-bond donors (Lipinski definition) is 3. The Morgan fingerprint density at radius 2 is 1.88 bits per heavy atom. The topological polar surface area (TPSA) is 52.5 Å². The molecule has 1 rings (SSSR count). The van der Waals surface area contributed by atoms with Crippen molar-refractivity contribution in [2.24, 2.45) is 0 Å². The smallest absolute Gasteiger partial charge is 0.115 e. The summed E-state index contributed by atoms with van der Waals surface area (Å²) in [6.07, 6.45) is 3.09. The number of hydrogen-bond acceptors (Lipinski definition) is 3. The molecule has 3 nitrogen and oxygen atoms in total. The molecule has 0 amide bonds. The van der Waals surface area contributed by atoms with Crippen LogP contribution in [-0.4, -0.2) is 23.3 Å². The maximum atomic E-state index is 9.82. The van der Waals surface area contributed by atoms with E-state index in [0.717, 1.165) is 18.5 Å². The van der Waals surface area contributed by atoms with Gasteiger partial charge in [-0.3, -0.25) is 0 Å². The summed E-state index contributed by atoms with van der Waals surface area (Å²) in [5.74, 6) is 0.229. The first-order valence-corrected chi connectivity index (χ1v) is 5.91. The number of benzene rings is 1. The zero-order valence-corrected chi connectivity index (χ0v) is 9.82. The zero-order chi connectivity index (χ0) is 11.8. The molecule has 1 aromatic carbocycles. The van der Waals surface area contributed by atoms with E-state index in [9.17, 15) is 5.11 Å². The standard InChI is InChI=1S/C13H21NO2/c1-2-3-4-9-14-10-13(16)11-5-7-12(15)8-6-11/h5-8,13-16H,2-4,9-10H2,1H3. The Balaban J connectivity index is 2.24. The molecule has 1 aromatic rings. The largest absolute Gasteiger partial charge is 0.508 e. The summed E-state index contributed by atoms with van der Waals surface area (Å²) in [4.78, 5) is 0. The molecule has 0 fully saturated rings. The minimum absolute atomic E-state index is 0.229. The van der Waals surface area contributed by atoms with Crippen LogP contribution in [0.25, 0.3) is 0 Å². The molecule has 0 bridgehead atoms. The number of aliphatic hydroxyl groups excluding tert-OH is 1. The predicted molar refractivity (Wildman–Crippen MR) is 65.5 cm³/mol. The third-order valence-electron chi connectivity index (χ3n) is 2.57. The van der Waals surface area contributed by atoms with Gasteiger partial charge in [0.25, 0.3) is 0 Å². The molecule has 0 aliphatic rings. The van der Waals surface area contributed by atoms with Gasteiger partial charge in [0.15, 0.2) is 0 Å². The van der Waals surface area contributed by atoms with E-state index >= 15 is 0 Å². The lowest BCUT2D eigenvalue weighted by molar-refractivity contribution is 0.174. The maximum absolute atomic E-state index is 9.82. The highest BCUT2D eigenvalue weighted by Crippen LogP contribution is 2.15. The fourth-order valence-electron chi connectivity index (χ4n) is 1.55. The molecule has 1 atom stereocenters. The second-order valence-corrected chi connectivity index (χ2v) is 4.02. The van der Waals surface area contributed by atoms with Crippen molar-refractivity contribution in [1.82, 2.24) is 5.32 Å². The van der Waals surface area contributed by atoms with Gasteiger partial charge in [-0.2, -0.15) is 0 Å². The second-order valence-electron chi connectivity index (χ2n) is 4.02. The van der Waals surface area contributed by atoms with Crippen molar-refractivity contribution < 1.29 is 10.2 Å². The minimum Gasteiger partial charge on any atom is -0.508 e. The molecule has 0 radical (unpaired) electrons. The average Bonchev–Trinajstić information content (AvgIpc) is 2.29. The summed E-state index contributed by atoms with van der Waals surface area (Å²) in [7, 11) is 0. The van der Waals surface area contributed by atoms with Gasteiger partial charge in [0.2, 0.25) is 0 Å². The normalized spacial score (nSPS) is 12.6. The lowest BCUT2D eigenvalue weighted by Gasteiger charge is -2.12. The van der Waals surface area contributed by atoms with Crippen molar-refractivity contribution in [3.63, 3.8) is 0 Å². The maximum Gasteiger partial charge on any atom is 0.115 e. The van der Waals surface area contributed by atoms with Gasteiger partial charge in [-0.05, 0) is 30.7 Å². The first-order chi connectivity index (χ1) is 7.74. The number of unbranched alkanes of at least 4 members (excludes halogenated alkanes) is 2. The number of aliphatic hydroxyl groups is 1. The van der Waals surface area contributed by atoms with Crippen LogP contribution in [0.2, 0.25) is 0 Å². The highest BCUT2D eigenvalue weighted by molar-refractivity contribution is 5.27. The Hall–Kier alpha value is -1.06. The van der Waals surface area contributed by atoms with Gasteiger partial charge < -0.3 is 15.5 Å². The van der Waals surface area contributed by atoms with E-state index in [1.807, 2.05) is 0 Å². The summed E-state index contributed by atoms with van der Waals surface area (Å²) in [5, 5.41) is 22.2. The number of phenols is 1. The molecule has 0 aliphatic carbocycles. The second kappa shape index (κ2) is 7.25. The van der Waals surface area contributed by atoms with Gasteiger partial charge in [0.05, 0.1) is 6.10 Å². The Kier molecular flexibility index (Phi) is 5.90. The van der Waals surface area contributed by atoms with Crippen LogP contribution in [-0.2, 0) is 0 Å². The van der Waals surface area contributed by atoms with Gasteiger partial charge in [-0.1, -0.05) is 31.9 Å². The first kappa shape index (κ1) is 13.0. The highest BCUT2D eigenvalue weighted by Gasteiger charge is 2.05. The number of aromatic hydroxyl groups is 1. The molecule has 0 aromatic heterocycles. The Morgan fingerprint density at radius 1 is 1.19 bits per heavy atom. The Labute approximate surface area is 97.1 Å². The number of rotatable bonds is 7. The number of phenolic OH excluding ortho intramolecular Hbond substituents is 1. The van der Waals surface area contributed by atoms with Gasteiger partial charge >= 0.3 is 0 Å². The predicted octanol–water partition coefficient (Wildman–Crippen LogP) is 2.21. The fraction of sp³-hybridized carbons (Fsp3) is 0.538. The van der Waals surface area contributed by atoms with Crippen molar-refractivity contribution in [2.45, 2.75) is 32.3 Å². The minimum atomic E-state index is -0.498. The summed E-state index contributed by atoms with van der Waals surface area (Å²) in [6, 6.07) is 6.67. The van der Waals surface area contributed by atoms with Crippen LogP contribution in [0.4, 0.5) is 0 Å². The first-order valence-electron chi connectivity index (χ1n) is 5.91. The summed E-state index contributed by atoms with van der Waals surface area (Å²) in [6.45, 7) is 3.68. The van der Waals surface area contributed by atoms with Gasteiger partial charge in [0, 0.05) is 6.54 Å². The molecule has 3 N–H and O–H groups in total. The molecule has 90 valence electrons. The van der Waals surface area contributed by atoms with Crippen molar-refractivity contribution in [1.29, 1.82) is 0 Å². The summed E-state index contributed by atoms with van der Waals surface area (Å²) < 4.78 is 0. The van der Waals surface area contributed by atoms with Crippen LogP contribution in [0.15, 0.2) is 24.3 Å². The lowest BCUT2D eigenvalue weighted by atomic mass is 10.1. The molecular formula is C13H21NO2. The van der Waals surface area contributed by atoms with Crippen molar-refractivity contribution in [3.8, 4) is 5.75 Å². The van der Waals surface area contributed by atoms with Crippen LogP contribution in [0, 0.1) is 0 Å². The van der Waals surface area contributed by atoms with Crippen molar-refractivity contribution in [3.05, 3.63) is 29.8 Å². The van der Waals surface area contributed by atoms with Gasteiger partial charge in [-0.25, -0.2) is 0 Å². The quantitative estimate of drug-likeness (QED) is 0.621. The zero-order valence-electron chi connectivity index (χ0n) is 9.82. The molecule has 0 heterocycles. The van der Waals surface area contributed by atoms with E-state index < -0.39 is 6.10 Å².